The summed E-state index contributed by atoms with van der Waals surface area (Å²) < 4.78 is 0. The lowest BCUT2D eigenvalue weighted by atomic mass is 10.1. The maximum absolute atomic E-state index is 4.41. The topological polar surface area (TPSA) is 28.2 Å². The van der Waals surface area contributed by atoms with E-state index in [1.54, 1.807) is 0 Å². The van der Waals surface area contributed by atoms with Crippen LogP contribution in [0.1, 0.15) is 37.9 Å². The lowest BCUT2D eigenvalue weighted by Gasteiger charge is -2.20. The second-order valence-electron chi connectivity index (χ2n) is 5.35. The first-order valence-corrected chi connectivity index (χ1v) is 6.74. The van der Waals surface area contributed by atoms with Crippen molar-refractivity contribution in [3.63, 3.8) is 0 Å². The van der Waals surface area contributed by atoms with Gasteiger partial charge in [-0.25, -0.2) is 0 Å². The average Bonchev–Trinajstić information content (AvgIpc) is 3.12. The second-order valence-corrected chi connectivity index (χ2v) is 5.35. The Bertz CT molecular complexity index is 361. The molecular formula is C14H21N3. The molecule has 17 heavy (non-hydrogen) atoms. The summed E-state index contributed by atoms with van der Waals surface area (Å²) in [5.74, 6) is 0. The summed E-state index contributed by atoms with van der Waals surface area (Å²) in [5, 5.41) is 3.70. The number of pyridine rings is 1. The van der Waals surface area contributed by atoms with Gasteiger partial charge in [0.05, 0.1) is 5.69 Å². The smallest absolute Gasteiger partial charge is 0.0570 e. The van der Waals surface area contributed by atoms with E-state index in [1.165, 1.54) is 32.4 Å². The van der Waals surface area contributed by atoms with Crippen LogP contribution in [0.4, 0.5) is 0 Å². The summed E-state index contributed by atoms with van der Waals surface area (Å²) in [6, 6.07) is 8.05. The minimum atomic E-state index is 0.361. The third-order valence-corrected chi connectivity index (χ3v) is 3.90. The summed E-state index contributed by atoms with van der Waals surface area (Å²) in [5.41, 5.74) is 1.15. The summed E-state index contributed by atoms with van der Waals surface area (Å²) >= 11 is 0. The van der Waals surface area contributed by atoms with E-state index in [-0.39, 0.29) is 0 Å². The highest BCUT2D eigenvalue weighted by atomic mass is 15.2. The van der Waals surface area contributed by atoms with Crippen LogP contribution >= 0.6 is 0 Å². The number of nitrogens with one attached hydrogen (secondary N) is 1. The molecule has 0 bridgehead atoms. The van der Waals surface area contributed by atoms with Crippen molar-refractivity contribution in [3.05, 3.63) is 30.1 Å². The van der Waals surface area contributed by atoms with Crippen molar-refractivity contribution in [2.24, 2.45) is 0 Å². The Morgan fingerprint density at radius 1 is 1.35 bits per heavy atom. The molecule has 2 aliphatic rings. The van der Waals surface area contributed by atoms with E-state index in [9.17, 15) is 0 Å². The lowest BCUT2D eigenvalue weighted by Crippen LogP contribution is -2.35. The van der Waals surface area contributed by atoms with Gasteiger partial charge in [0, 0.05) is 37.4 Å². The first kappa shape index (κ1) is 11.2. The van der Waals surface area contributed by atoms with E-state index < -0.39 is 0 Å². The quantitative estimate of drug-likeness (QED) is 0.858. The Hall–Kier alpha value is -0.930. The van der Waals surface area contributed by atoms with Gasteiger partial charge >= 0.3 is 0 Å². The van der Waals surface area contributed by atoms with E-state index in [0.717, 1.165) is 11.7 Å². The molecule has 1 aromatic heterocycles. The van der Waals surface area contributed by atoms with Crippen LogP contribution in [0.3, 0.4) is 0 Å². The van der Waals surface area contributed by atoms with Crippen molar-refractivity contribution in [2.75, 3.05) is 13.1 Å². The van der Waals surface area contributed by atoms with Gasteiger partial charge in [0.1, 0.15) is 0 Å². The lowest BCUT2D eigenvalue weighted by molar-refractivity contribution is 0.313. The van der Waals surface area contributed by atoms with Gasteiger partial charge in [0.2, 0.25) is 0 Å². The summed E-state index contributed by atoms with van der Waals surface area (Å²) in [6.07, 6.45) is 6.00. The molecule has 3 nitrogen and oxygen atoms in total. The molecule has 0 spiro atoms. The third kappa shape index (κ3) is 2.67. The van der Waals surface area contributed by atoms with Gasteiger partial charge in [-0.3, -0.25) is 9.88 Å². The van der Waals surface area contributed by atoms with Crippen molar-refractivity contribution >= 4 is 0 Å². The van der Waals surface area contributed by atoms with Crippen molar-refractivity contribution in [1.82, 2.24) is 15.2 Å². The van der Waals surface area contributed by atoms with Gasteiger partial charge in [0.15, 0.2) is 0 Å². The molecule has 0 radical (unpaired) electrons. The molecular weight excluding hydrogens is 210 g/mol. The summed E-state index contributed by atoms with van der Waals surface area (Å²) in [7, 11) is 0. The molecule has 1 aromatic rings. The van der Waals surface area contributed by atoms with E-state index in [0.29, 0.717) is 12.1 Å². The van der Waals surface area contributed by atoms with Crippen LogP contribution < -0.4 is 5.32 Å². The zero-order valence-corrected chi connectivity index (χ0v) is 10.5. The Labute approximate surface area is 103 Å². The van der Waals surface area contributed by atoms with Crippen molar-refractivity contribution in [1.29, 1.82) is 0 Å². The monoisotopic (exact) mass is 231 g/mol. The molecule has 0 aromatic carbocycles. The number of hydrogen-bond acceptors (Lipinski definition) is 3. The number of nitrogens with zero attached hydrogens (tertiary/aromatic N) is 2. The van der Waals surface area contributed by atoms with Crippen molar-refractivity contribution in [3.8, 4) is 0 Å². The number of aromatic nitrogens is 1. The Balaban J connectivity index is 1.53. The zero-order valence-electron chi connectivity index (χ0n) is 10.5. The zero-order chi connectivity index (χ0) is 11.7. The number of hydrogen-bond donors (Lipinski definition) is 1. The van der Waals surface area contributed by atoms with E-state index in [4.69, 9.17) is 0 Å². The highest BCUT2D eigenvalue weighted by Gasteiger charge is 2.34. The van der Waals surface area contributed by atoms with E-state index in [1.807, 2.05) is 12.3 Å². The molecule has 1 saturated carbocycles. The fraction of sp³-hybridized carbons (Fsp3) is 0.643. The Kier molecular flexibility index (Phi) is 3.12. The maximum Gasteiger partial charge on any atom is 0.0570 e. The van der Waals surface area contributed by atoms with Gasteiger partial charge in [0.25, 0.3) is 0 Å². The molecule has 0 amide bonds. The van der Waals surface area contributed by atoms with Crippen LogP contribution in [0, 0.1) is 0 Å². The van der Waals surface area contributed by atoms with Crippen LogP contribution in [0.5, 0.6) is 0 Å². The predicted octanol–water partition coefficient (Wildman–Crippen LogP) is 1.97. The largest absolute Gasteiger partial charge is 0.305 e. The number of rotatable bonds is 4. The van der Waals surface area contributed by atoms with Crippen LogP contribution in [0.2, 0.25) is 0 Å². The molecule has 2 fully saturated rings. The SMILES string of the molecule is C[C@@H](NC1CCN(C2CC2)C1)c1ccccn1. The van der Waals surface area contributed by atoms with Gasteiger partial charge in [-0.05, 0) is 38.3 Å². The molecule has 2 atom stereocenters. The van der Waals surface area contributed by atoms with E-state index >= 15 is 0 Å². The average molecular weight is 231 g/mol. The van der Waals surface area contributed by atoms with Gasteiger partial charge in [-0.1, -0.05) is 6.07 Å². The van der Waals surface area contributed by atoms with Crippen molar-refractivity contribution in [2.45, 2.75) is 44.3 Å². The van der Waals surface area contributed by atoms with Gasteiger partial charge < -0.3 is 5.32 Å². The third-order valence-electron chi connectivity index (χ3n) is 3.90. The van der Waals surface area contributed by atoms with Crippen LogP contribution in [-0.4, -0.2) is 35.1 Å². The highest BCUT2D eigenvalue weighted by Crippen LogP contribution is 2.30. The van der Waals surface area contributed by atoms with Crippen LogP contribution in [0.15, 0.2) is 24.4 Å². The number of likely N-dealkylation sites (tertiary alicyclic amines) is 1. The van der Waals surface area contributed by atoms with E-state index in [2.05, 4.69) is 34.3 Å². The molecule has 2 heterocycles. The molecule has 1 aliphatic carbocycles. The Morgan fingerprint density at radius 3 is 2.94 bits per heavy atom. The van der Waals surface area contributed by atoms with Crippen LogP contribution in [-0.2, 0) is 0 Å². The maximum atomic E-state index is 4.41. The Morgan fingerprint density at radius 2 is 2.24 bits per heavy atom. The summed E-state index contributed by atoms with van der Waals surface area (Å²) in [4.78, 5) is 7.05. The van der Waals surface area contributed by atoms with Gasteiger partial charge in [-0.15, -0.1) is 0 Å². The minimum Gasteiger partial charge on any atom is -0.305 e. The predicted molar refractivity (Wildman–Crippen MR) is 68.8 cm³/mol. The molecule has 3 rings (SSSR count). The highest BCUT2D eigenvalue weighted by molar-refractivity contribution is 5.08. The standard InChI is InChI=1S/C14H21N3/c1-11(14-4-2-3-8-15-14)16-12-7-9-17(10-12)13-5-6-13/h2-4,8,11-13,16H,5-7,9-10H2,1H3/t11-,12?/m1/s1. The fourth-order valence-electron chi connectivity index (χ4n) is 2.77. The molecule has 1 unspecified atom stereocenters. The van der Waals surface area contributed by atoms with Crippen molar-refractivity contribution < 1.29 is 0 Å². The molecule has 92 valence electrons. The first-order chi connectivity index (χ1) is 8.33. The normalized spacial score (nSPS) is 27.2. The molecule has 1 saturated heterocycles. The first-order valence-electron chi connectivity index (χ1n) is 6.74. The minimum absolute atomic E-state index is 0.361. The summed E-state index contributed by atoms with van der Waals surface area (Å²) in [6.45, 7) is 4.71. The van der Waals surface area contributed by atoms with Crippen LogP contribution in [0.25, 0.3) is 0 Å². The van der Waals surface area contributed by atoms with Gasteiger partial charge in [-0.2, -0.15) is 0 Å². The molecule has 1 N–H and O–H groups in total. The molecule has 1 aliphatic heterocycles. The fourth-order valence-corrected chi connectivity index (χ4v) is 2.77. The second kappa shape index (κ2) is 4.75. The molecule has 3 heteroatoms.